The number of ketones is 1. The Balaban J connectivity index is 2.52. The van der Waals surface area contributed by atoms with E-state index in [4.69, 9.17) is 0 Å². The van der Waals surface area contributed by atoms with Crippen LogP contribution in [0.15, 0.2) is 24.5 Å². The summed E-state index contributed by atoms with van der Waals surface area (Å²) in [6, 6.07) is 3.60. The van der Waals surface area contributed by atoms with Crippen LogP contribution in [-0.4, -0.2) is 20.3 Å². The molecule has 0 radical (unpaired) electrons. The number of carbonyl (C=O) groups is 1. The third-order valence-electron chi connectivity index (χ3n) is 2.80. The molecule has 4 nitrogen and oxygen atoms in total. The third kappa shape index (κ3) is 2.08. The molecule has 1 unspecified atom stereocenters. The molecule has 17 heavy (non-hydrogen) atoms. The normalized spacial score (nSPS) is 13.2. The standard InChI is InChI=1S/C13H16N2O2/c1-8(2)13(17)11-7-14-12-6-10(9(3)16)4-5-15(11)12/h4-9,16H,1-3H3. The molecular formula is C13H16N2O2. The Hall–Kier alpha value is -1.68. The van der Waals surface area contributed by atoms with Gasteiger partial charge in [-0.25, -0.2) is 4.98 Å². The van der Waals surface area contributed by atoms with E-state index in [1.807, 2.05) is 13.8 Å². The number of imidazole rings is 1. The molecule has 0 aromatic carbocycles. The summed E-state index contributed by atoms with van der Waals surface area (Å²) >= 11 is 0. The van der Waals surface area contributed by atoms with E-state index < -0.39 is 6.10 Å². The number of aromatic nitrogens is 2. The van der Waals surface area contributed by atoms with Crippen LogP contribution in [0.3, 0.4) is 0 Å². The highest BCUT2D eigenvalue weighted by molar-refractivity contribution is 5.96. The number of carbonyl (C=O) groups excluding carboxylic acids is 1. The largest absolute Gasteiger partial charge is 0.389 e. The fourth-order valence-corrected chi connectivity index (χ4v) is 1.73. The van der Waals surface area contributed by atoms with Gasteiger partial charge in [0.25, 0.3) is 0 Å². The molecule has 0 amide bonds. The first-order chi connectivity index (χ1) is 8.00. The van der Waals surface area contributed by atoms with Crippen molar-refractivity contribution in [2.75, 3.05) is 0 Å². The van der Waals surface area contributed by atoms with Gasteiger partial charge in [0.15, 0.2) is 5.78 Å². The second kappa shape index (κ2) is 4.30. The number of Topliss-reactive ketones (excluding diaryl/α,β-unsaturated/α-hetero) is 1. The maximum absolute atomic E-state index is 11.9. The second-order valence-electron chi connectivity index (χ2n) is 4.53. The first-order valence-corrected chi connectivity index (χ1v) is 5.70. The molecule has 0 bridgehead atoms. The summed E-state index contributed by atoms with van der Waals surface area (Å²) < 4.78 is 1.76. The van der Waals surface area contributed by atoms with E-state index in [1.54, 1.807) is 35.9 Å². The van der Waals surface area contributed by atoms with Gasteiger partial charge in [0, 0.05) is 12.1 Å². The van der Waals surface area contributed by atoms with Crippen LogP contribution in [0.25, 0.3) is 5.65 Å². The van der Waals surface area contributed by atoms with Crippen LogP contribution in [0, 0.1) is 5.92 Å². The number of fused-ring (bicyclic) bond motifs is 1. The monoisotopic (exact) mass is 232 g/mol. The first-order valence-electron chi connectivity index (χ1n) is 5.70. The Kier molecular flexibility index (Phi) is 2.98. The SMILES string of the molecule is CC(C)C(=O)c1cnc2cc(C(C)O)ccn12. The van der Waals surface area contributed by atoms with Crippen molar-refractivity contribution < 1.29 is 9.90 Å². The van der Waals surface area contributed by atoms with Gasteiger partial charge in [0.1, 0.15) is 11.3 Å². The van der Waals surface area contributed by atoms with Crippen molar-refractivity contribution in [3.8, 4) is 0 Å². The average Bonchev–Trinajstić information content (AvgIpc) is 2.70. The van der Waals surface area contributed by atoms with Gasteiger partial charge in [-0.1, -0.05) is 13.8 Å². The van der Waals surface area contributed by atoms with Crippen molar-refractivity contribution in [2.24, 2.45) is 5.92 Å². The number of rotatable bonds is 3. The van der Waals surface area contributed by atoms with Crippen molar-refractivity contribution in [2.45, 2.75) is 26.9 Å². The Morgan fingerprint density at radius 1 is 1.41 bits per heavy atom. The highest BCUT2D eigenvalue weighted by atomic mass is 16.3. The van der Waals surface area contributed by atoms with E-state index in [9.17, 15) is 9.90 Å². The molecule has 0 saturated carbocycles. The fraction of sp³-hybridized carbons (Fsp3) is 0.385. The maximum atomic E-state index is 11.9. The van der Waals surface area contributed by atoms with Crippen molar-refractivity contribution in [1.82, 2.24) is 9.38 Å². The van der Waals surface area contributed by atoms with Gasteiger partial charge >= 0.3 is 0 Å². The van der Waals surface area contributed by atoms with Crippen LogP contribution in [0.4, 0.5) is 0 Å². The fourth-order valence-electron chi connectivity index (χ4n) is 1.73. The lowest BCUT2D eigenvalue weighted by Crippen LogP contribution is -2.10. The molecule has 2 heterocycles. The minimum atomic E-state index is -0.527. The van der Waals surface area contributed by atoms with E-state index in [2.05, 4.69) is 4.98 Å². The quantitative estimate of drug-likeness (QED) is 0.825. The summed E-state index contributed by atoms with van der Waals surface area (Å²) in [5.41, 5.74) is 2.08. The predicted octanol–water partition coefficient (Wildman–Crippen LogP) is 2.23. The summed E-state index contributed by atoms with van der Waals surface area (Å²) in [5.74, 6) is 0.0219. The van der Waals surface area contributed by atoms with E-state index in [1.165, 1.54) is 0 Å². The molecule has 0 fully saturated rings. The van der Waals surface area contributed by atoms with Crippen LogP contribution >= 0.6 is 0 Å². The van der Waals surface area contributed by atoms with E-state index >= 15 is 0 Å². The van der Waals surface area contributed by atoms with E-state index in [0.717, 1.165) is 5.56 Å². The van der Waals surface area contributed by atoms with Gasteiger partial charge < -0.3 is 5.11 Å². The maximum Gasteiger partial charge on any atom is 0.183 e. The number of pyridine rings is 1. The highest BCUT2D eigenvalue weighted by Crippen LogP contribution is 2.17. The van der Waals surface area contributed by atoms with Crippen molar-refractivity contribution in [3.05, 3.63) is 35.8 Å². The lowest BCUT2D eigenvalue weighted by atomic mass is 10.1. The van der Waals surface area contributed by atoms with Gasteiger partial charge in [0.05, 0.1) is 12.3 Å². The number of aliphatic hydroxyl groups excluding tert-OH is 1. The summed E-state index contributed by atoms with van der Waals surface area (Å²) in [6.07, 6.45) is 2.84. The van der Waals surface area contributed by atoms with Crippen LogP contribution in [-0.2, 0) is 0 Å². The van der Waals surface area contributed by atoms with Crippen molar-refractivity contribution in [3.63, 3.8) is 0 Å². The van der Waals surface area contributed by atoms with Crippen LogP contribution in [0.1, 0.15) is 42.9 Å². The molecule has 90 valence electrons. The van der Waals surface area contributed by atoms with Crippen molar-refractivity contribution >= 4 is 11.4 Å². The lowest BCUT2D eigenvalue weighted by molar-refractivity contribution is 0.0933. The molecule has 2 aromatic heterocycles. The number of nitrogens with zero attached hydrogens (tertiary/aromatic N) is 2. The first kappa shape index (κ1) is 11.8. The number of hydrogen-bond acceptors (Lipinski definition) is 3. The topological polar surface area (TPSA) is 54.6 Å². The van der Waals surface area contributed by atoms with Crippen LogP contribution < -0.4 is 0 Å². The molecule has 1 atom stereocenters. The molecule has 0 spiro atoms. The minimum absolute atomic E-state index is 0.0497. The highest BCUT2D eigenvalue weighted by Gasteiger charge is 2.15. The zero-order chi connectivity index (χ0) is 12.6. The zero-order valence-corrected chi connectivity index (χ0v) is 10.2. The Labute approximate surface area is 99.9 Å². The molecule has 2 aromatic rings. The number of aliphatic hydroxyl groups is 1. The Morgan fingerprint density at radius 2 is 2.12 bits per heavy atom. The van der Waals surface area contributed by atoms with E-state index in [0.29, 0.717) is 11.3 Å². The zero-order valence-electron chi connectivity index (χ0n) is 10.2. The number of hydrogen-bond donors (Lipinski definition) is 1. The predicted molar refractivity (Wildman–Crippen MR) is 65.0 cm³/mol. The molecule has 1 N–H and O–H groups in total. The van der Waals surface area contributed by atoms with Gasteiger partial charge in [0.2, 0.25) is 0 Å². The minimum Gasteiger partial charge on any atom is -0.389 e. The van der Waals surface area contributed by atoms with Crippen LogP contribution in [0.2, 0.25) is 0 Å². The molecule has 2 rings (SSSR count). The van der Waals surface area contributed by atoms with Gasteiger partial charge in [-0.2, -0.15) is 0 Å². The van der Waals surface area contributed by atoms with Crippen LogP contribution in [0.5, 0.6) is 0 Å². The van der Waals surface area contributed by atoms with Crippen molar-refractivity contribution in [1.29, 1.82) is 0 Å². The Bertz CT molecular complexity index is 556. The molecule has 0 aliphatic rings. The average molecular weight is 232 g/mol. The second-order valence-corrected chi connectivity index (χ2v) is 4.53. The smallest absolute Gasteiger partial charge is 0.183 e. The van der Waals surface area contributed by atoms with Gasteiger partial charge in [-0.05, 0) is 24.6 Å². The van der Waals surface area contributed by atoms with Gasteiger partial charge in [-0.15, -0.1) is 0 Å². The van der Waals surface area contributed by atoms with E-state index in [-0.39, 0.29) is 11.7 Å². The third-order valence-corrected chi connectivity index (χ3v) is 2.80. The summed E-state index contributed by atoms with van der Waals surface area (Å²) in [5, 5.41) is 9.48. The molecule has 0 aliphatic carbocycles. The molecule has 0 aliphatic heterocycles. The molecular weight excluding hydrogens is 216 g/mol. The molecule has 4 heteroatoms. The summed E-state index contributed by atoms with van der Waals surface area (Å²) in [7, 11) is 0. The van der Waals surface area contributed by atoms with Gasteiger partial charge in [-0.3, -0.25) is 9.20 Å². The summed E-state index contributed by atoms with van der Waals surface area (Å²) in [4.78, 5) is 16.1. The lowest BCUT2D eigenvalue weighted by Gasteiger charge is -2.07. The summed E-state index contributed by atoms with van der Waals surface area (Å²) in [6.45, 7) is 5.44. The molecule has 0 saturated heterocycles. The Morgan fingerprint density at radius 3 is 2.71 bits per heavy atom.